The largest absolute Gasteiger partial charge is 0.457 e. The van der Waals surface area contributed by atoms with E-state index in [9.17, 15) is 4.79 Å². The molecule has 1 heterocycles. The molecule has 0 saturated heterocycles. The zero-order valence-electron chi connectivity index (χ0n) is 11.5. The minimum absolute atomic E-state index is 0.193. The summed E-state index contributed by atoms with van der Waals surface area (Å²) in [6.45, 7) is 6.17. The van der Waals surface area contributed by atoms with Crippen LogP contribution in [0.15, 0.2) is 45.7 Å². The number of hydrogen-bond donors (Lipinski definition) is 1. The van der Waals surface area contributed by atoms with Crippen molar-refractivity contribution in [1.29, 1.82) is 0 Å². The lowest BCUT2D eigenvalue weighted by Crippen LogP contribution is -2.21. The molecule has 5 heteroatoms. The van der Waals surface area contributed by atoms with Gasteiger partial charge in [-0.25, -0.2) is 0 Å². The van der Waals surface area contributed by atoms with Crippen LogP contribution in [0.3, 0.4) is 0 Å². The fraction of sp³-hybridized carbons (Fsp3) is 0.267. The number of carbonyl (C=O) groups excluding carboxylic acids is 1. The van der Waals surface area contributed by atoms with E-state index >= 15 is 0 Å². The number of nitrogens with one attached hydrogen (secondary N) is 1. The van der Waals surface area contributed by atoms with Crippen molar-refractivity contribution < 1.29 is 9.21 Å². The number of carbonyl (C=O) groups is 1. The summed E-state index contributed by atoms with van der Waals surface area (Å²) in [6, 6.07) is 9.45. The predicted octanol–water partition coefficient (Wildman–Crippen LogP) is 4.14. The summed E-state index contributed by atoms with van der Waals surface area (Å²) in [5.74, 6) is -0.193. The Hall–Kier alpha value is -1.75. The molecule has 2 aromatic rings. The van der Waals surface area contributed by atoms with Gasteiger partial charge in [-0.05, 0) is 60.1 Å². The van der Waals surface area contributed by atoms with E-state index in [1.165, 1.54) is 6.26 Å². The van der Waals surface area contributed by atoms with Gasteiger partial charge in [0, 0.05) is 24.5 Å². The van der Waals surface area contributed by atoms with Crippen LogP contribution in [0.4, 0.5) is 11.4 Å². The Morgan fingerprint density at radius 2 is 1.85 bits per heavy atom. The number of halogens is 1. The van der Waals surface area contributed by atoms with Crippen molar-refractivity contribution in [1.82, 2.24) is 0 Å². The topological polar surface area (TPSA) is 45.5 Å². The summed E-state index contributed by atoms with van der Waals surface area (Å²) in [7, 11) is 0. The molecule has 0 radical (unpaired) electrons. The van der Waals surface area contributed by atoms with Crippen molar-refractivity contribution in [3.63, 3.8) is 0 Å². The Morgan fingerprint density at radius 1 is 1.20 bits per heavy atom. The fourth-order valence-corrected chi connectivity index (χ4v) is 2.42. The van der Waals surface area contributed by atoms with Gasteiger partial charge in [-0.15, -0.1) is 0 Å². The quantitative estimate of drug-likeness (QED) is 0.892. The monoisotopic (exact) mass is 336 g/mol. The van der Waals surface area contributed by atoms with E-state index in [1.807, 2.05) is 24.3 Å². The Bertz CT molecular complexity index is 574. The molecule has 2 rings (SSSR count). The average molecular weight is 337 g/mol. The molecule has 0 aliphatic rings. The lowest BCUT2D eigenvalue weighted by atomic mass is 10.2. The summed E-state index contributed by atoms with van der Waals surface area (Å²) >= 11 is 3.20. The van der Waals surface area contributed by atoms with Gasteiger partial charge >= 0.3 is 0 Å². The van der Waals surface area contributed by atoms with Crippen LogP contribution in [0, 0.1) is 0 Å². The van der Waals surface area contributed by atoms with Crippen LogP contribution >= 0.6 is 15.9 Å². The Balaban J connectivity index is 2.08. The first kappa shape index (κ1) is 14.7. The van der Waals surface area contributed by atoms with Crippen molar-refractivity contribution in [2.24, 2.45) is 0 Å². The Morgan fingerprint density at radius 3 is 2.35 bits per heavy atom. The minimum Gasteiger partial charge on any atom is -0.457 e. The van der Waals surface area contributed by atoms with E-state index in [0.29, 0.717) is 10.2 Å². The van der Waals surface area contributed by atoms with Crippen LogP contribution in [-0.2, 0) is 0 Å². The number of rotatable bonds is 5. The maximum Gasteiger partial charge on any atom is 0.260 e. The molecule has 4 nitrogen and oxygen atoms in total. The van der Waals surface area contributed by atoms with E-state index in [-0.39, 0.29) is 5.91 Å². The number of nitrogens with zero attached hydrogens (tertiary/aromatic N) is 1. The first-order valence-electron chi connectivity index (χ1n) is 6.55. The van der Waals surface area contributed by atoms with E-state index in [0.717, 1.165) is 24.5 Å². The van der Waals surface area contributed by atoms with Gasteiger partial charge in [-0.2, -0.15) is 0 Å². The third kappa shape index (κ3) is 3.22. The molecule has 0 unspecified atom stereocenters. The Labute approximate surface area is 126 Å². The third-order valence-corrected chi connectivity index (χ3v) is 3.73. The molecule has 0 aliphatic carbocycles. The molecule has 0 aliphatic heterocycles. The molecule has 0 atom stereocenters. The van der Waals surface area contributed by atoms with Crippen molar-refractivity contribution >= 4 is 33.2 Å². The second-order valence-corrected chi connectivity index (χ2v) is 5.00. The second-order valence-electron chi connectivity index (χ2n) is 4.28. The van der Waals surface area contributed by atoms with Gasteiger partial charge in [0.15, 0.2) is 4.67 Å². The van der Waals surface area contributed by atoms with Gasteiger partial charge in [-0.3, -0.25) is 4.79 Å². The van der Waals surface area contributed by atoms with Crippen molar-refractivity contribution in [3.8, 4) is 0 Å². The highest BCUT2D eigenvalue weighted by atomic mass is 79.9. The predicted molar refractivity (Wildman–Crippen MR) is 84.4 cm³/mol. The Kier molecular flexibility index (Phi) is 4.84. The number of hydrogen-bond acceptors (Lipinski definition) is 3. The average Bonchev–Trinajstić information content (AvgIpc) is 2.88. The van der Waals surface area contributed by atoms with Gasteiger partial charge < -0.3 is 14.6 Å². The number of benzene rings is 1. The van der Waals surface area contributed by atoms with Crippen LogP contribution in [-0.4, -0.2) is 19.0 Å². The molecule has 0 spiro atoms. The molecule has 0 saturated carbocycles. The SMILES string of the molecule is CCN(CC)c1ccc(NC(=O)c2ccoc2Br)cc1. The minimum atomic E-state index is -0.193. The lowest BCUT2D eigenvalue weighted by molar-refractivity contribution is 0.102. The maximum atomic E-state index is 12.0. The summed E-state index contributed by atoms with van der Waals surface area (Å²) in [5, 5.41) is 2.84. The molecule has 1 aromatic carbocycles. The molecule has 1 amide bonds. The van der Waals surface area contributed by atoms with Gasteiger partial charge in [0.1, 0.15) is 0 Å². The molecular weight excluding hydrogens is 320 g/mol. The summed E-state index contributed by atoms with van der Waals surface area (Å²) in [5.41, 5.74) is 2.40. The van der Waals surface area contributed by atoms with Crippen LogP contribution in [0.1, 0.15) is 24.2 Å². The first-order valence-corrected chi connectivity index (χ1v) is 7.34. The summed E-state index contributed by atoms with van der Waals surface area (Å²) in [6.07, 6.45) is 1.47. The van der Waals surface area contributed by atoms with Crippen LogP contribution in [0.2, 0.25) is 0 Å². The van der Waals surface area contributed by atoms with Crippen molar-refractivity contribution in [3.05, 3.63) is 46.8 Å². The highest BCUT2D eigenvalue weighted by Crippen LogP contribution is 2.21. The molecule has 1 N–H and O–H groups in total. The van der Waals surface area contributed by atoms with Crippen molar-refractivity contribution in [2.75, 3.05) is 23.3 Å². The second kappa shape index (κ2) is 6.61. The van der Waals surface area contributed by atoms with Gasteiger partial charge in [0.25, 0.3) is 5.91 Å². The number of anilines is 2. The number of amides is 1. The molecule has 20 heavy (non-hydrogen) atoms. The zero-order chi connectivity index (χ0) is 14.5. The van der Waals surface area contributed by atoms with Crippen LogP contribution < -0.4 is 10.2 Å². The fourth-order valence-electron chi connectivity index (χ4n) is 2.00. The van der Waals surface area contributed by atoms with Gasteiger partial charge in [0.2, 0.25) is 0 Å². The lowest BCUT2D eigenvalue weighted by Gasteiger charge is -2.21. The molecule has 0 bridgehead atoms. The van der Waals surface area contributed by atoms with E-state index in [1.54, 1.807) is 6.07 Å². The van der Waals surface area contributed by atoms with E-state index in [4.69, 9.17) is 4.42 Å². The molecule has 0 fully saturated rings. The standard InChI is InChI=1S/C15H17BrN2O2/c1-3-18(4-2)12-7-5-11(6-8-12)17-15(19)13-9-10-20-14(13)16/h5-10H,3-4H2,1-2H3,(H,17,19). The molecular formula is C15H17BrN2O2. The van der Waals surface area contributed by atoms with Crippen molar-refractivity contribution in [2.45, 2.75) is 13.8 Å². The van der Waals surface area contributed by atoms with Gasteiger partial charge in [0.05, 0.1) is 11.8 Å². The molecule has 106 valence electrons. The highest BCUT2D eigenvalue weighted by molar-refractivity contribution is 9.10. The smallest absolute Gasteiger partial charge is 0.260 e. The summed E-state index contributed by atoms with van der Waals surface area (Å²) in [4.78, 5) is 14.3. The van der Waals surface area contributed by atoms with Gasteiger partial charge in [-0.1, -0.05) is 0 Å². The first-order chi connectivity index (χ1) is 9.65. The van der Waals surface area contributed by atoms with E-state index in [2.05, 4.69) is 40.0 Å². The summed E-state index contributed by atoms with van der Waals surface area (Å²) < 4.78 is 5.49. The van der Waals surface area contributed by atoms with Crippen LogP contribution in [0.25, 0.3) is 0 Å². The van der Waals surface area contributed by atoms with E-state index < -0.39 is 0 Å². The normalized spacial score (nSPS) is 10.3. The highest BCUT2D eigenvalue weighted by Gasteiger charge is 2.12. The zero-order valence-corrected chi connectivity index (χ0v) is 13.1. The maximum absolute atomic E-state index is 12.0. The van der Waals surface area contributed by atoms with Crippen LogP contribution in [0.5, 0.6) is 0 Å². The molecule has 1 aromatic heterocycles. The number of furan rings is 1. The third-order valence-electron chi connectivity index (χ3n) is 3.12.